The second-order valence-electron chi connectivity index (χ2n) is 6.35. The summed E-state index contributed by atoms with van der Waals surface area (Å²) in [6.45, 7) is 3.43. The maximum atomic E-state index is 11.6. The van der Waals surface area contributed by atoms with Gasteiger partial charge in [0.2, 0.25) is 18.3 Å². The molecule has 0 spiro atoms. The number of hydrogen-bond acceptors (Lipinski definition) is 10. The number of carbonyl (C=O) groups excluding carboxylic acids is 3. The predicted molar refractivity (Wildman–Crippen MR) is 96.6 cm³/mol. The molecule has 29 heavy (non-hydrogen) atoms. The first-order valence-electron chi connectivity index (χ1n) is 8.85. The van der Waals surface area contributed by atoms with Crippen LogP contribution in [-0.2, 0) is 33.3 Å². The van der Waals surface area contributed by atoms with Crippen molar-refractivity contribution in [2.45, 2.75) is 45.4 Å². The number of benzene rings is 1. The zero-order valence-electron chi connectivity index (χ0n) is 16.1. The molecule has 0 amide bonds. The van der Waals surface area contributed by atoms with Gasteiger partial charge in [-0.2, -0.15) is 5.10 Å². The summed E-state index contributed by atoms with van der Waals surface area (Å²) in [6.07, 6.45) is -2.63. The molecule has 0 N–H and O–H groups in total. The Hall–Kier alpha value is -3.27. The van der Waals surface area contributed by atoms with Crippen molar-refractivity contribution in [2.24, 2.45) is 0 Å². The van der Waals surface area contributed by atoms with Crippen LogP contribution in [0.3, 0.4) is 0 Å². The van der Waals surface area contributed by atoms with Crippen molar-refractivity contribution < 1.29 is 38.1 Å². The van der Waals surface area contributed by atoms with Crippen molar-refractivity contribution in [3.8, 4) is 5.88 Å². The summed E-state index contributed by atoms with van der Waals surface area (Å²) in [7, 11) is 0. The molecule has 1 aliphatic heterocycles. The van der Waals surface area contributed by atoms with Gasteiger partial charge >= 0.3 is 17.9 Å². The molecule has 2 heterocycles. The molecule has 1 saturated heterocycles. The Morgan fingerprint density at radius 3 is 2.38 bits per heavy atom. The second kappa shape index (κ2) is 8.82. The van der Waals surface area contributed by atoms with Crippen LogP contribution in [0.5, 0.6) is 5.88 Å². The molecule has 1 aromatic carbocycles. The van der Waals surface area contributed by atoms with Crippen LogP contribution >= 0.6 is 0 Å². The van der Waals surface area contributed by atoms with Gasteiger partial charge in [0.05, 0.1) is 6.20 Å². The summed E-state index contributed by atoms with van der Waals surface area (Å²) in [5.41, 5.74) is 0. The first-order chi connectivity index (χ1) is 13.8. The van der Waals surface area contributed by atoms with Crippen molar-refractivity contribution in [1.82, 2.24) is 10.2 Å². The number of fused-ring (bicyclic) bond motifs is 1. The number of rotatable bonds is 6. The highest BCUT2D eigenvalue weighted by atomic mass is 16.7. The molecule has 0 radical (unpaired) electrons. The zero-order valence-corrected chi connectivity index (χ0v) is 16.1. The molecule has 0 bridgehead atoms. The molecule has 2 aromatic rings. The summed E-state index contributed by atoms with van der Waals surface area (Å²) in [5, 5.41) is 9.33. The van der Waals surface area contributed by atoms with Crippen LogP contribution in [0.1, 0.15) is 20.8 Å². The minimum atomic E-state index is -1.16. The molecule has 1 fully saturated rings. The highest BCUT2D eigenvalue weighted by Crippen LogP contribution is 2.31. The average molecular weight is 404 g/mol. The third kappa shape index (κ3) is 4.96. The van der Waals surface area contributed by atoms with Crippen LogP contribution in [0.25, 0.3) is 10.8 Å². The minimum Gasteiger partial charge on any atom is -0.463 e. The number of carbonyl (C=O) groups is 3. The number of hydrogen-bond donors (Lipinski definition) is 0. The Morgan fingerprint density at radius 1 is 1.00 bits per heavy atom. The Morgan fingerprint density at radius 2 is 1.69 bits per heavy atom. The Bertz CT molecular complexity index is 913. The van der Waals surface area contributed by atoms with E-state index in [1.807, 2.05) is 12.1 Å². The fraction of sp³-hybridized carbons (Fsp3) is 0.421. The Labute approximate surface area is 166 Å². The van der Waals surface area contributed by atoms with Gasteiger partial charge in [-0.15, -0.1) is 5.10 Å². The SMILES string of the molecule is CC(=O)OC[C@H]1O[C@H](Oc2nncc3ccccc23)[C@H](OC(C)=O)[C@@H]1OC(C)=O. The van der Waals surface area contributed by atoms with E-state index in [1.54, 1.807) is 18.3 Å². The number of ether oxygens (including phenoxy) is 5. The average Bonchev–Trinajstić information content (AvgIpc) is 2.96. The van der Waals surface area contributed by atoms with E-state index in [0.717, 1.165) is 5.39 Å². The smallest absolute Gasteiger partial charge is 0.303 e. The molecule has 3 rings (SSSR count). The third-order valence-electron chi connectivity index (χ3n) is 4.09. The van der Waals surface area contributed by atoms with Crippen molar-refractivity contribution >= 4 is 28.7 Å². The maximum absolute atomic E-state index is 11.6. The highest BCUT2D eigenvalue weighted by Gasteiger charge is 2.51. The lowest BCUT2D eigenvalue weighted by molar-refractivity contribution is -0.171. The van der Waals surface area contributed by atoms with E-state index in [0.29, 0.717) is 5.39 Å². The largest absolute Gasteiger partial charge is 0.463 e. The van der Waals surface area contributed by atoms with Gasteiger partial charge in [-0.3, -0.25) is 14.4 Å². The maximum Gasteiger partial charge on any atom is 0.303 e. The summed E-state index contributed by atoms with van der Waals surface area (Å²) < 4.78 is 27.2. The number of nitrogens with zero attached hydrogens (tertiary/aromatic N) is 2. The molecule has 154 valence electrons. The molecule has 4 atom stereocenters. The summed E-state index contributed by atoms with van der Waals surface area (Å²) >= 11 is 0. The molecular formula is C19H20N2O8. The lowest BCUT2D eigenvalue weighted by Crippen LogP contribution is -2.42. The number of esters is 3. The summed E-state index contributed by atoms with van der Waals surface area (Å²) in [4.78, 5) is 34.4. The van der Waals surface area contributed by atoms with Gasteiger partial charge < -0.3 is 23.7 Å². The van der Waals surface area contributed by atoms with Gasteiger partial charge in [-0.05, 0) is 6.07 Å². The standard InChI is InChI=1S/C19H20N2O8/c1-10(22)25-9-15-16(26-11(2)23)17(27-12(3)24)19(28-15)29-18-14-7-5-4-6-13(14)8-20-21-18/h4-8,15-17,19H,9H2,1-3H3/t15-,16-,17-,19-/m1/s1. The van der Waals surface area contributed by atoms with E-state index < -0.39 is 42.5 Å². The zero-order chi connectivity index (χ0) is 21.0. The molecule has 10 nitrogen and oxygen atoms in total. The number of aromatic nitrogens is 2. The monoisotopic (exact) mass is 404 g/mol. The van der Waals surface area contributed by atoms with E-state index in [4.69, 9.17) is 23.7 Å². The van der Waals surface area contributed by atoms with Gasteiger partial charge in [0, 0.05) is 31.5 Å². The van der Waals surface area contributed by atoms with Gasteiger partial charge in [0.25, 0.3) is 0 Å². The quantitative estimate of drug-likeness (QED) is 0.512. The Balaban J connectivity index is 1.90. The molecule has 0 unspecified atom stereocenters. The fourth-order valence-electron chi connectivity index (χ4n) is 2.97. The van der Waals surface area contributed by atoms with E-state index >= 15 is 0 Å². The van der Waals surface area contributed by atoms with E-state index in [-0.39, 0.29) is 12.5 Å². The predicted octanol–water partition coefficient (Wildman–Crippen LogP) is 1.16. The first kappa shape index (κ1) is 20.5. The summed E-state index contributed by atoms with van der Waals surface area (Å²) in [5.74, 6) is -1.63. The van der Waals surface area contributed by atoms with Crippen molar-refractivity contribution in [1.29, 1.82) is 0 Å². The van der Waals surface area contributed by atoms with Gasteiger partial charge in [-0.1, -0.05) is 18.2 Å². The van der Waals surface area contributed by atoms with Crippen molar-refractivity contribution in [3.63, 3.8) is 0 Å². The lowest BCUT2D eigenvalue weighted by atomic mass is 10.1. The molecule has 0 aliphatic carbocycles. The van der Waals surface area contributed by atoms with Gasteiger partial charge in [0.1, 0.15) is 12.7 Å². The van der Waals surface area contributed by atoms with Crippen LogP contribution in [0, 0.1) is 0 Å². The van der Waals surface area contributed by atoms with Crippen LogP contribution < -0.4 is 4.74 Å². The topological polar surface area (TPSA) is 123 Å². The second-order valence-corrected chi connectivity index (χ2v) is 6.35. The van der Waals surface area contributed by atoms with Crippen molar-refractivity contribution in [3.05, 3.63) is 30.5 Å². The lowest BCUT2D eigenvalue weighted by Gasteiger charge is -2.23. The van der Waals surface area contributed by atoms with E-state index in [9.17, 15) is 14.4 Å². The Kier molecular flexibility index (Phi) is 6.23. The van der Waals surface area contributed by atoms with Crippen LogP contribution in [0.4, 0.5) is 0 Å². The van der Waals surface area contributed by atoms with Crippen LogP contribution in [0.2, 0.25) is 0 Å². The molecule has 1 aliphatic rings. The van der Waals surface area contributed by atoms with Gasteiger partial charge in [0.15, 0.2) is 6.10 Å². The molecular weight excluding hydrogens is 384 g/mol. The highest BCUT2D eigenvalue weighted by molar-refractivity contribution is 5.85. The van der Waals surface area contributed by atoms with Crippen LogP contribution in [-0.4, -0.2) is 59.3 Å². The molecule has 1 aromatic heterocycles. The van der Waals surface area contributed by atoms with E-state index in [1.165, 1.54) is 20.8 Å². The summed E-state index contributed by atoms with van der Waals surface area (Å²) in [6, 6.07) is 7.27. The molecule has 10 heteroatoms. The minimum absolute atomic E-state index is 0.153. The molecule has 0 saturated carbocycles. The van der Waals surface area contributed by atoms with Crippen molar-refractivity contribution in [2.75, 3.05) is 6.61 Å². The normalized spacial score (nSPS) is 23.4. The van der Waals surface area contributed by atoms with E-state index in [2.05, 4.69) is 10.2 Å². The van der Waals surface area contributed by atoms with Gasteiger partial charge in [-0.25, -0.2) is 0 Å². The van der Waals surface area contributed by atoms with Crippen LogP contribution in [0.15, 0.2) is 30.5 Å². The fourth-order valence-corrected chi connectivity index (χ4v) is 2.97. The first-order valence-corrected chi connectivity index (χ1v) is 8.85. The third-order valence-corrected chi connectivity index (χ3v) is 4.09.